The van der Waals surface area contributed by atoms with Gasteiger partial charge in [0.2, 0.25) is 5.91 Å². The third kappa shape index (κ3) is 2.33. The van der Waals surface area contributed by atoms with Gasteiger partial charge in [-0.2, -0.15) is 0 Å². The summed E-state index contributed by atoms with van der Waals surface area (Å²) in [6, 6.07) is 3.28. The number of anilines is 1. The molecule has 1 saturated heterocycles. The molecule has 1 aliphatic rings. The molecule has 0 aromatic carbocycles. The van der Waals surface area contributed by atoms with Gasteiger partial charge >= 0.3 is 0 Å². The van der Waals surface area contributed by atoms with Crippen LogP contribution in [0.1, 0.15) is 31.1 Å². The Labute approximate surface area is 110 Å². The van der Waals surface area contributed by atoms with E-state index in [4.69, 9.17) is 0 Å². The molecule has 2 rings (SSSR count). The van der Waals surface area contributed by atoms with E-state index in [1.165, 1.54) is 13.1 Å². The zero-order valence-electron chi connectivity index (χ0n) is 11.1. The topological polar surface area (TPSA) is 79.4 Å². The summed E-state index contributed by atoms with van der Waals surface area (Å²) < 4.78 is 0. The van der Waals surface area contributed by atoms with E-state index in [0.29, 0.717) is 11.4 Å². The number of Topliss-reactive ketones (excluding diaryl/α,β-unsaturated/α-hetero) is 1. The van der Waals surface area contributed by atoms with Crippen LogP contribution in [0.3, 0.4) is 0 Å². The fourth-order valence-corrected chi connectivity index (χ4v) is 1.90. The van der Waals surface area contributed by atoms with Crippen LogP contribution in [0.25, 0.3) is 0 Å². The van der Waals surface area contributed by atoms with Crippen LogP contribution >= 0.6 is 0 Å². The molecule has 1 fully saturated rings. The van der Waals surface area contributed by atoms with E-state index in [1.54, 1.807) is 30.9 Å². The zero-order chi connectivity index (χ0) is 14.2. The first-order valence-corrected chi connectivity index (χ1v) is 5.91. The number of aromatic nitrogens is 1. The summed E-state index contributed by atoms with van der Waals surface area (Å²) in [6.07, 6.45) is 1.45. The van der Waals surface area contributed by atoms with Crippen LogP contribution in [0, 0.1) is 0 Å². The summed E-state index contributed by atoms with van der Waals surface area (Å²) >= 11 is 0. The van der Waals surface area contributed by atoms with E-state index in [1.807, 2.05) is 0 Å². The molecule has 0 unspecified atom stereocenters. The number of nitrogens with one attached hydrogen (secondary N) is 1. The zero-order valence-corrected chi connectivity index (χ0v) is 11.1. The number of piperazine rings is 1. The Morgan fingerprint density at radius 2 is 2.05 bits per heavy atom. The van der Waals surface area contributed by atoms with Crippen molar-refractivity contribution < 1.29 is 14.4 Å². The second-order valence-electron chi connectivity index (χ2n) is 4.98. The first-order valence-electron chi connectivity index (χ1n) is 5.91. The van der Waals surface area contributed by atoms with Gasteiger partial charge in [-0.25, -0.2) is 4.98 Å². The molecule has 0 saturated carbocycles. The minimum Gasteiger partial charge on any atom is -0.333 e. The molecule has 0 bridgehead atoms. The molecule has 0 radical (unpaired) electrons. The first-order chi connectivity index (χ1) is 8.82. The number of carbonyl (C=O) groups excluding carboxylic acids is 3. The second kappa shape index (κ2) is 4.46. The monoisotopic (exact) mass is 261 g/mol. The molecule has 19 heavy (non-hydrogen) atoms. The Kier molecular flexibility index (Phi) is 3.09. The van der Waals surface area contributed by atoms with Crippen LogP contribution in [-0.2, 0) is 9.59 Å². The molecule has 2 amide bonds. The van der Waals surface area contributed by atoms with Crippen molar-refractivity contribution in [3.05, 3.63) is 23.9 Å². The molecule has 100 valence electrons. The van der Waals surface area contributed by atoms with Crippen LogP contribution in [0.15, 0.2) is 18.3 Å². The Hall–Kier alpha value is -2.24. The highest BCUT2D eigenvalue weighted by atomic mass is 16.2. The first kappa shape index (κ1) is 13.2. The van der Waals surface area contributed by atoms with Gasteiger partial charge in [-0.15, -0.1) is 0 Å². The Bertz CT molecular complexity index is 549. The van der Waals surface area contributed by atoms with Gasteiger partial charge in [0, 0.05) is 11.8 Å². The summed E-state index contributed by atoms with van der Waals surface area (Å²) in [5.41, 5.74) is -0.368. The highest BCUT2D eigenvalue weighted by Crippen LogP contribution is 2.24. The summed E-state index contributed by atoms with van der Waals surface area (Å²) in [7, 11) is 0. The lowest BCUT2D eigenvalue weighted by Gasteiger charge is -2.40. The van der Waals surface area contributed by atoms with Crippen molar-refractivity contribution in [3.63, 3.8) is 0 Å². The molecule has 6 heteroatoms. The van der Waals surface area contributed by atoms with E-state index in [0.717, 1.165) is 0 Å². The van der Waals surface area contributed by atoms with Crippen molar-refractivity contribution in [1.29, 1.82) is 0 Å². The molecule has 1 aromatic rings. The molecule has 0 spiro atoms. The maximum absolute atomic E-state index is 11.8. The standard InChI is InChI=1S/C13H15N3O3/c1-8(17)9-4-5-10(14-6-9)16-7-11(18)15-12(19)13(16,2)3/h4-6H,7H2,1-3H3,(H,15,18,19). The number of hydrogen-bond acceptors (Lipinski definition) is 5. The van der Waals surface area contributed by atoms with E-state index in [9.17, 15) is 14.4 Å². The number of pyridine rings is 1. The minimum absolute atomic E-state index is 0.0607. The molecule has 6 nitrogen and oxygen atoms in total. The third-order valence-electron chi connectivity index (χ3n) is 3.22. The average molecular weight is 261 g/mol. The van der Waals surface area contributed by atoms with Crippen molar-refractivity contribution in [3.8, 4) is 0 Å². The highest BCUT2D eigenvalue weighted by molar-refractivity contribution is 6.06. The predicted octanol–water partition coefficient (Wildman–Crippen LogP) is 0.526. The quantitative estimate of drug-likeness (QED) is 0.620. The number of amides is 2. The largest absolute Gasteiger partial charge is 0.333 e. The maximum atomic E-state index is 11.8. The number of nitrogens with zero attached hydrogens (tertiary/aromatic N) is 2. The third-order valence-corrected chi connectivity index (χ3v) is 3.22. The van der Waals surface area contributed by atoms with Gasteiger partial charge < -0.3 is 4.90 Å². The fraction of sp³-hybridized carbons (Fsp3) is 0.385. The van der Waals surface area contributed by atoms with Gasteiger partial charge in [0.15, 0.2) is 5.78 Å². The molecule has 2 heterocycles. The molecular formula is C13H15N3O3. The lowest BCUT2D eigenvalue weighted by atomic mass is 9.98. The van der Waals surface area contributed by atoms with Crippen LogP contribution in [-0.4, -0.2) is 34.7 Å². The van der Waals surface area contributed by atoms with Gasteiger partial charge in [-0.3, -0.25) is 19.7 Å². The maximum Gasteiger partial charge on any atom is 0.251 e. The highest BCUT2D eigenvalue weighted by Gasteiger charge is 2.41. The SMILES string of the molecule is CC(=O)c1ccc(N2CC(=O)NC(=O)C2(C)C)nc1. The minimum atomic E-state index is -0.862. The Morgan fingerprint density at radius 1 is 1.37 bits per heavy atom. The van der Waals surface area contributed by atoms with Gasteiger partial charge in [0.05, 0.1) is 6.54 Å². The van der Waals surface area contributed by atoms with Gasteiger partial charge in [-0.05, 0) is 32.9 Å². The summed E-state index contributed by atoms with van der Waals surface area (Å²) in [6.45, 7) is 4.95. The van der Waals surface area contributed by atoms with Gasteiger partial charge in [0.1, 0.15) is 11.4 Å². The second-order valence-corrected chi connectivity index (χ2v) is 4.98. The van der Waals surface area contributed by atoms with Crippen LogP contribution < -0.4 is 10.2 Å². The summed E-state index contributed by atoms with van der Waals surface area (Å²) in [4.78, 5) is 40.3. The fourth-order valence-electron chi connectivity index (χ4n) is 1.90. The number of rotatable bonds is 2. The van der Waals surface area contributed by atoms with Crippen molar-refractivity contribution in [2.45, 2.75) is 26.3 Å². The van der Waals surface area contributed by atoms with Crippen LogP contribution in [0.2, 0.25) is 0 Å². The molecule has 1 N–H and O–H groups in total. The lowest BCUT2D eigenvalue weighted by Crippen LogP contribution is -2.64. The van der Waals surface area contributed by atoms with Crippen LogP contribution in [0.5, 0.6) is 0 Å². The molecular weight excluding hydrogens is 246 g/mol. The van der Waals surface area contributed by atoms with E-state index < -0.39 is 5.54 Å². The Morgan fingerprint density at radius 3 is 2.58 bits per heavy atom. The van der Waals surface area contributed by atoms with E-state index >= 15 is 0 Å². The van der Waals surface area contributed by atoms with Crippen molar-refractivity contribution in [2.24, 2.45) is 0 Å². The van der Waals surface area contributed by atoms with Crippen molar-refractivity contribution in [1.82, 2.24) is 10.3 Å². The van der Waals surface area contributed by atoms with Crippen LogP contribution in [0.4, 0.5) is 5.82 Å². The molecule has 1 aliphatic heterocycles. The van der Waals surface area contributed by atoms with Gasteiger partial charge in [-0.1, -0.05) is 0 Å². The van der Waals surface area contributed by atoms with Crippen molar-refractivity contribution >= 4 is 23.4 Å². The average Bonchev–Trinajstić information content (AvgIpc) is 2.34. The number of ketones is 1. The van der Waals surface area contributed by atoms with Gasteiger partial charge in [0.25, 0.3) is 5.91 Å². The number of hydrogen-bond donors (Lipinski definition) is 1. The van der Waals surface area contributed by atoms with E-state index in [-0.39, 0.29) is 24.1 Å². The molecule has 0 atom stereocenters. The molecule has 1 aromatic heterocycles. The molecule has 0 aliphatic carbocycles. The number of carbonyl (C=O) groups is 3. The number of imide groups is 1. The summed E-state index contributed by atoms with van der Waals surface area (Å²) in [5, 5.41) is 2.30. The summed E-state index contributed by atoms with van der Waals surface area (Å²) in [5.74, 6) is -0.299. The Balaban J connectivity index is 2.36. The lowest BCUT2D eigenvalue weighted by molar-refractivity contribution is -0.135. The smallest absolute Gasteiger partial charge is 0.251 e. The predicted molar refractivity (Wildman–Crippen MR) is 68.8 cm³/mol. The normalized spacial score (nSPS) is 18.2. The van der Waals surface area contributed by atoms with Crippen molar-refractivity contribution in [2.75, 3.05) is 11.4 Å². The van der Waals surface area contributed by atoms with E-state index in [2.05, 4.69) is 10.3 Å².